The van der Waals surface area contributed by atoms with Crippen molar-refractivity contribution in [1.82, 2.24) is 19.1 Å². The molecule has 4 heterocycles. The largest absolute Gasteiger partial charge is 0.309 e. The maximum absolute atomic E-state index is 5.17. The maximum atomic E-state index is 5.17. The molecular formula is C38H24N4. The normalized spacial score (nSPS) is 11.8. The molecule has 4 heteroatoms. The maximum Gasteiger partial charge on any atom is 0.138 e. The van der Waals surface area contributed by atoms with Crippen molar-refractivity contribution in [2.45, 2.75) is 0 Å². The van der Waals surface area contributed by atoms with Gasteiger partial charge in [-0.2, -0.15) is 0 Å². The summed E-state index contributed by atoms with van der Waals surface area (Å²) in [4.78, 5) is 9.49. The molecule has 0 fully saturated rings. The Morgan fingerprint density at radius 2 is 1.24 bits per heavy atom. The zero-order valence-corrected chi connectivity index (χ0v) is 22.6. The highest BCUT2D eigenvalue weighted by Gasteiger charge is 2.19. The minimum atomic E-state index is 0.891. The zero-order chi connectivity index (χ0) is 27.6. The lowest BCUT2D eigenvalue weighted by Crippen LogP contribution is -1.99. The Hall–Kier alpha value is -5.74. The van der Waals surface area contributed by atoms with Crippen molar-refractivity contribution in [3.63, 3.8) is 0 Å². The summed E-state index contributed by atoms with van der Waals surface area (Å²) in [5.41, 5.74) is 7.78. The molecule has 0 aliphatic carbocycles. The summed E-state index contributed by atoms with van der Waals surface area (Å²) in [6.45, 7) is 0. The third kappa shape index (κ3) is 3.29. The van der Waals surface area contributed by atoms with E-state index in [0.717, 1.165) is 28.3 Å². The van der Waals surface area contributed by atoms with E-state index in [-0.39, 0.29) is 0 Å². The molecule has 4 nitrogen and oxygen atoms in total. The van der Waals surface area contributed by atoms with Crippen LogP contribution in [0.15, 0.2) is 146 Å². The van der Waals surface area contributed by atoms with Gasteiger partial charge in [-0.05, 0) is 66.0 Å². The van der Waals surface area contributed by atoms with E-state index in [0.29, 0.717) is 0 Å². The van der Waals surface area contributed by atoms with Gasteiger partial charge in [-0.25, -0.2) is 4.98 Å². The van der Waals surface area contributed by atoms with Gasteiger partial charge in [0.25, 0.3) is 0 Å². The second-order valence-electron chi connectivity index (χ2n) is 10.7. The Morgan fingerprint density at radius 1 is 0.476 bits per heavy atom. The molecule has 0 N–H and O–H groups in total. The highest BCUT2D eigenvalue weighted by molar-refractivity contribution is 6.22. The molecule has 0 unspecified atom stereocenters. The fourth-order valence-corrected chi connectivity index (χ4v) is 6.56. The number of aromatic nitrogens is 4. The van der Waals surface area contributed by atoms with E-state index in [1.165, 1.54) is 48.9 Å². The van der Waals surface area contributed by atoms with Gasteiger partial charge in [-0.3, -0.25) is 9.55 Å². The average Bonchev–Trinajstić information content (AvgIpc) is 3.57. The molecule has 0 radical (unpaired) electrons. The van der Waals surface area contributed by atoms with Crippen LogP contribution in [0.5, 0.6) is 0 Å². The van der Waals surface area contributed by atoms with E-state index in [9.17, 15) is 0 Å². The van der Waals surface area contributed by atoms with Crippen LogP contribution in [-0.2, 0) is 0 Å². The lowest BCUT2D eigenvalue weighted by atomic mass is 10.0. The lowest BCUT2D eigenvalue weighted by Gasteiger charge is -2.12. The van der Waals surface area contributed by atoms with Crippen LogP contribution in [0.4, 0.5) is 0 Å². The van der Waals surface area contributed by atoms with Gasteiger partial charge in [0.05, 0.1) is 27.8 Å². The van der Waals surface area contributed by atoms with Gasteiger partial charge in [0, 0.05) is 50.6 Å². The standard InChI is InChI=1S/C38H24N4/c1-2-11-27(12-3-1)41-34-16-6-5-14-29(34)32-23-31-25(22-36(32)41)19-20-30-28-13-4-7-17-35(28)42(38(30)31)37-18-8-15-33(40-37)26-10-9-21-39-24-26/h1-24H. The molecule has 5 aromatic carbocycles. The Labute approximate surface area is 241 Å². The number of rotatable bonds is 3. The molecule has 0 saturated carbocycles. The van der Waals surface area contributed by atoms with Crippen LogP contribution in [0.3, 0.4) is 0 Å². The zero-order valence-electron chi connectivity index (χ0n) is 22.6. The molecule has 42 heavy (non-hydrogen) atoms. The number of fused-ring (bicyclic) bond motifs is 8. The van der Waals surface area contributed by atoms with Crippen LogP contribution in [0, 0.1) is 0 Å². The molecule has 9 aromatic rings. The van der Waals surface area contributed by atoms with E-state index >= 15 is 0 Å². The van der Waals surface area contributed by atoms with Crippen LogP contribution >= 0.6 is 0 Å². The predicted molar refractivity (Wildman–Crippen MR) is 174 cm³/mol. The SMILES string of the molecule is c1ccc(-n2c3ccccc3c3cc4c(ccc5c6ccccc6n(-c6cccc(-c7cccnc7)n6)c45)cc32)cc1. The quantitative estimate of drug-likeness (QED) is 0.225. The number of hydrogen-bond acceptors (Lipinski definition) is 2. The van der Waals surface area contributed by atoms with E-state index in [2.05, 4.69) is 142 Å². The van der Waals surface area contributed by atoms with Crippen molar-refractivity contribution in [2.24, 2.45) is 0 Å². The van der Waals surface area contributed by atoms with E-state index in [1.807, 2.05) is 12.3 Å². The van der Waals surface area contributed by atoms with Crippen LogP contribution in [-0.4, -0.2) is 19.1 Å². The second-order valence-corrected chi connectivity index (χ2v) is 10.7. The van der Waals surface area contributed by atoms with Crippen LogP contribution in [0.25, 0.3) is 77.1 Å². The molecule has 9 rings (SSSR count). The van der Waals surface area contributed by atoms with E-state index in [4.69, 9.17) is 4.98 Å². The first kappa shape index (κ1) is 23.0. The predicted octanol–water partition coefficient (Wildman–Crippen LogP) is 9.49. The molecular weight excluding hydrogens is 512 g/mol. The van der Waals surface area contributed by atoms with Gasteiger partial charge < -0.3 is 4.57 Å². The van der Waals surface area contributed by atoms with Crippen molar-refractivity contribution in [3.8, 4) is 22.8 Å². The molecule has 4 aromatic heterocycles. The highest BCUT2D eigenvalue weighted by atomic mass is 15.1. The topological polar surface area (TPSA) is 35.6 Å². The van der Waals surface area contributed by atoms with Gasteiger partial charge in [0.1, 0.15) is 5.82 Å². The van der Waals surface area contributed by atoms with Gasteiger partial charge in [-0.15, -0.1) is 0 Å². The van der Waals surface area contributed by atoms with Crippen molar-refractivity contribution >= 4 is 54.4 Å². The monoisotopic (exact) mass is 536 g/mol. The lowest BCUT2D eigenvalue weighted by molar-refractivity contribution is 1.09. The van der Waals surface area contributed by atoms with E-state index < -0.39 is 0 Å². The Morgan fingerprint density at radius 3 is 2.05 bits per heavy atom. The van der Waals surface area contributed by atoms with Crippen LogP contribution < -0.4 is 0 Å². The van der Waals surface area contributed by atoms with Crippen molar-refractivity contribution in [2.75, 3.05) is 0 Å². The Kier molecular flexibility index (Phi) is 4.87. The third-order valence-corrected chi connectivity index (χ3v) is 8.38. The summed E-state index contributed by atoms with van der Waals surface area (Å²) < 4.78 is 4.71. The first-order valence-electron chi connectivity index (χ1n) is 14.2. The number of nitrogens with zero attached hydrogens (tertiary/aromatic N) is 4. The first-order valence-corrected chi connectivity index (χ1v) is 14.2. The molecule has 0 amide bonds. The number of hydrogen-bond donors (Lipinski definition) is 0. The average molecular weight is 537 g/mol. The third-order valence-electron chi connectivity index (χ3n) is 8.38. The van der Waals surface area contributed by atoms with Crippen molar-refractivity contribution in [3.05, 3.63) is 146 Å². The van der Waals surface area contributed by atoms with Crippen LogP contribution in [0.1, 0.15) is 0 Å². The molecule has 0 spiro atoms. The second kappa shape index (κ2) is 8.88. The minimum Gasteiger partial charge on any atom is -0.309 e. The number of benzene rings is 5. The number of para-hydroxylation sites is 3. The summed E-state index contributed by atoms with van der Waals surface area (Å²) in [5, 5.41) is 7.33. The molecule has 0 bridgehead atoms. The number of pyridine rings is 2. The molecule has 0 atom stereocenters. The van der Waals surface area contributed by atoms with Gasteiger partial charge in [0.2, 0.25) is 0 Å². The Bertz CT molecular complexity index is 2450. The minimum absolute atomic E-state index is 0.891. The summed E-state index contributed by atoms with van der Waals surface area (Å²) in [7, 11) is 0. The molecule has 196 valence electrons. The smallest absolute Gasteiger partial charge is 0.138 e. The fourth-order valence-electron chi connectivity index (χ4n) is 6.56. The fraction of sp³-hybridized carbons (Fsp3) is 0. The molecule has 0 saturated heterocycles. The van der Waals surface area contributed by atoms with Crippen LogP contribution in [0.2, 0.25) is 0 Å². The summed E-state index contributed by atoms with van der Waals surface area (Å²) in [6, 6.07) is 47.5. The van der Waals surface area contributed by atoms with Crippen molar-refractivity contribution in [1.29, 1.82) is 0 Å². The summed E-state index contributed by atoms with van der Waals surface area (Å²) >= 11 is 0. The van der Waals surface area contributed by atoms with Gasteiger partial charge in [0.15, 0.2) is 0 Å². The Balaban J connectivity index is 1.41. The van der Waals surface area contributed by atoms with Crippen molar-refractivity contribution < 1.29 is 0 Å². The van der Waals surface area contributed by atoms with Gasteiger partial charge in [-0.1, -0.05) is 72.8 Å². The van der Waals surface area contributed by atoms with Gasteiger partial charge >= 0.3 is 0 Å². The summed E-state index contributed by atoms with van der Waals surface area (Å²) in [5.74, 6) is 0.891. The first-order chi connectivity index (χ1) is 20.8. The van der Waals surface area contributed by atoms with E-state index in [1.54, 1.807) is 6.20 Å². The molecule has 0 aliphatic heterocycles. The summed E-state index contributed by atoms with van der Waals surface area (Å²) in [6.07, 6.45) is 3.66. The highest BCUT2D eigenvalue weighted by Crippen LogP contribution is 2.40. The molecule has 0 aliphatic rings.